The van der Waals surface area contributed by atoms with E-state index in [1.165, 1.54) is 22.9 Å². The summed E-state index contributed by atoms with van der Waals surface area (Å²) < 4.78 is 7.58. The minimum absolute atomic E-state index is 0.0645. The lowest BCUT2D eigenvalue weighted by atomic mass is 10.1. The number of nitrogens with zero attached hydrogens (tertiary/aromatic N) is 3. The molecule has 1 aromatic heterocycles. The van der Waals surface area contributed by atoms with E-state index in [1.807, 2.05) is 31.2 Å². The molecule has 1 aliphatic rings. The summed E-state index contributed by atoms with van der Waals surface area (Å²) in [5, 5.41) is 12.6. The highest BCUT2D eigenvalue weighted by Gasteiger charge is 2.43. The van der Waals surface area contributed by atoms with Crippen molar-refractivity contribution in [3.05, 3.63) is 65.5 Å². The van der Waals surface area contributed by atoms with Crippen LogP contribution in [0.25, 0.3) is 0 Å². The van der Waals surface area contributed by atoms with Gasteiger partial charge in [-0.05, 0) is 62.9 Å². The smallest absolute Gasteiger partial charge is 0.234 e. The molecule has 1 fully saturated rings. The normalized spacial score (nSPS) is 17.4. The lowest BCUT2D eigenvalue weighted by Gasteiger charge is -2.08. The molecule has 1 heterocycles. The minimum atomic E-state index is -0.0645. The zero-order chi connectivity index (χ0) is 21.8. The van der Waals surface area contributed by atoms with Gasteiger partial charge in [0.25, 0.3) is 0 Å². The van der Waals surface area contributed by atoms with E-state index in [-0.39, 0.29) is 11.7 Å². The molecular weight excluding hydrogens is 408 g/mol. The number of rotatable bonds is 9. The van der Waals surface area contributed by atoms with Crippen LogP contribution < -0.4 is 10.1 Å². The van der Waals surface area contributed by atoms with Gasteiger partial charge in [0, 0.05) is 18.2 Å². The van der Waals surface area contributed by atoms with Crippen molar-refractivity contribution in [2.75, 3.05) is 17.7 Å². The number of carbonyl (C=O) groups excluding carboxylic acids is 1. The molecule has 1 saturated carbocycles. The van der Waals surface area contributed by atoms with Gasteiger partial charge in [-0.2, -0.15) is 0 Å². The third-order valence-corrected chi connectivity index (χ3v) is 6.44. The summed E-state index contributed by atoms with van der Waals surface area (Å²) in [6.45, 7) is 7.56. The summed E-state index contributed by atoms with van der Waals surface area (Å²) in [6, 6.07) is 16.2. The molecule has 1 amide bonds. The Bertz CT molecular complexity index is 1030. The number of hydrogen-bond donors (Lipinski definition) is 1. The molecule has 2 aromatic carbocycles. The number of thioether (sulfide) groups is 1. The van der Waals surface area contributed by atoms with Gasteiger partial charge in [-0.15, -0.1) is 10.2 Å². The molecule has 2 unspecified atom stereocenters. The topological polar surface area (TPSA) is 69.0 Å². The third-order valence-electron chi connectivity index (χ3n) is 5.47. The number of hydrogen-bond acceptors (Lipinski definition) is 5. The maximum atomic E-state index is 12.4. The third kappa shape index (κ3) is 5.10. The van der Waals surface area contributed by atoms with E-state index in [0.717, 1.165) is 35.4 Å². The molecule has 6 nitrogen and oxygen atoms in total. The molecule has 4 rings (SSSR count). The fraction of sp³-hybridized carbons (Fsp3) is 0.375. The summed E-state index contributed by atoms with van der Waals surface area (Å²) in [4.78, 5) is 12.4. The first kappa shape index (κ1) is 21.4. The van der Waals surface area contributed by atoms with E-state index in [0.29, 0.717) is 18.4 Å². The van der Waals surface area contributed by atoms with Crippen molar-refractivity contribution in [2.24, 2.45) is 0 Å². The largest absolute Gasteiger partial charge is 0.494 e. The van der Waals surface area contributed by atoms with Crippen molar-refractivity contribution >= 4 is 23.4 Å². The molecular formula is C24H28N4O2S. The first-order valence-corrected chi connectivity index (χ1v) is 11.7. The second-order valence-electron chi connectivity index (χ2n) is 7.74. The molecule has 31 heavy (non-hydrogen) atoms. The average molecular weight is 437 g/mol. The highest BCUT2D eigenvalue weighted by atomic mass is 32.2. The van der Waals surface area contributed by atoms with E-state index >= 15 is 0 Å². The van der Waals surface area contributed by atoms with Crippen LogP contribution in [-0.4, -0.2) is 33.0 Å². The summed E-state index contributed by atoms with van der Waals surface area (Å²) >= 11 is 1.43. The van der Waals surface area contributed by atoms with Crippen molar-refractivity contribution in [3.8, 4) is 5.75 Å². The van der Waals surface area contributed by atoms with Gasteiger partial charge >= 0.3 is 0 Å². The predicted octanol–water partition coefficient (Wildman–Crippen LogP) is 5.01. The van der Waals surface area contributed by atoms with Gasteiger partial charge in [-0.3, -0.25) is 4.79 Å². The number of anilines is 1. The number of nitrogens with one attached hydrogen (secondary N) is 1. The molecule has 1 N–H and O–H groups in total. The molecule has 0 aliphatic heterocycles. The van der Waals surface area contributed by atoms with Gasteiger partial charge in [-0.25, -0.2) is 0 Å². The Labute approximate surface area is 187 Å². The van der Waals surface area contributed by atoms with Gasteiger partial charge in [0.15, 0.2) is 5.16 Å². The van der Waals surface area contributed by atoms with Crippen molar-refractivity contribution < 1.29 is 9.53 Å². The first-order chi connectivity index (χ1) is 15.1. The Morgan fingerprint density at radius 2 is 1.84 bits per heavy atom. The second-order valence-corrected chi connectivity index (χ2v) is 8.68. The lowest BCUT2D eigenvalue weighted by Crippen LogP contribution is -2.14. The number of aromatic nitrogens is 3. The molecule has 0 radical (unpaired) electrons. The Hall–Kier alpha value is -2.80. The fourth-order valence-electron chi connectivity index (χ4n) is 3.77. The molecule has 162 valence electrons. The first-order valence-electron chi connectivity index (χ1n) is 10.7. The highest BCUT2D eigenvalue weighted by Crippen LogP contribution is 2.54. The number of ether oxygens (including phenoxy) is 1. The highest BCUT2D eigenvalue weighted by molar-refractivity contribution is 7.99. The number of benzene rings is 2. The SMILES string of the molecule is CCOc1ccc(NC(=O)CSc2nnc(C3CC3c3ccc(C)cc3)n2CC)cc1. The second kappa shape index (κ2) is 9.56. The molecule has 1 aliphatic carbocycles. The Morgan fingerprint density at radius 1 is 1.10 bits per heavy atom. The average Bonchev–Trinajstić information content (AvgIpc) is 3.46. The van der Waals surface area contributed by atoms with Crippen LogP contribution in [0, 0.1) is 6.92 Å². The van der Waals surface area contributed by atoms with Crippen molar-refractivity contribution in [2.45, 2.75) is 50.7 Å². The van der Waals surface area contributed by atoms with Crippen LogP contribution >= 0.6 is 11.8 Å². The van der Waals surface area contributed by atoms with Crippen LogP contribution in [0.1, 0.15) is 49.1 Å². The van der Waals surface area contributed by atoms with Crippen LogP contribution in [0.5, 0.6) is 5.75 Å². The summed E-state index contributed by atoms with van der Waals surface area (Å²) in [5.41, 5.74) is 3.40. The van der Waals surface area contributed by atoms with Crippen molar-refractivity contribution in [3.63, 3.8) is 0 Å². The van der Waals surface area contributed by atoms with Crippen molar-refractivity contribution in [1.29, 1.82) is 0 Å². The standard InChI is InChI=1S/C24H28N4O2S/c1-4-28-23(21-14-20(21)17-8-6-16(3)7-9-17)26-27-24(28)31-15-22(29)25-18-10-12-19(13-11-18)30-5-2/h6-13,20-21H,4-5,14-15H2,1-3H3,(H,25,29). The predicted molar refractivity (Wildman–Crippen MR) is 124 cm³/mol. The summed E-state index contributed by atoms with van der Waals surface area (Å²) in [5.74, 6) is 2.96. The van der Waals surface area contributed by atoms with Gasteiger partial charge in [0.2, 0.25) is 5.91 Å². The van der Waals surface area contributed by atoms with Crippen molar-refractivity contribution in [1.82, 2.24) is 14.8 Å². The Morgan fingerprint density at radius 3 is 2.52 bits per heavy atom. The number of aryl methyl sites for hydroxylation is 1. The van der Waals surface area contributed by atoms with E-state index in [2.05, 4.69) is 58.2 Å². The van der Waals surface area contributed by atoms with E-state index in [9.17, 15) is 4.79 Å². The fourth-order valence-corrected chi connectivity index (χ4v) is 4.58. The Balaban J connectivity index is 1.35. The van der Waals surface area contributed by atoms with Crippen LogP contribution in [0.3, 0.4) is 0 Å². The Kier molecular flexibility index (Phi) is 6.61. The summed E-state index contributed by atoms with van der Waals surface area (Å²) in [7, 11) is 0. The quantitative estimate of drug-likeness (QED) is 0.478. The molecule has 3 aromatic rings. The molecule has 0 saturated heterocycles. The molecule has 0 spiro atoms. The van der Waals surface area contributed by atoms with Gasteiger partial charge in [0.1, 0.15) is 11.6 Å². The van der Waals surface area contributed by atoms with Crippen LogP contribution in [0.2, 0.25) is 0 Å². The van der Waals surface area contributed by atoms with E-state index in [1.54, 1.807) is 0 Å². The molecule has 2 atom stereocenters. The van der Waals surface area contributed by atoms with Crippen LogP contribution in [-0.2, 0) is 11.3 Å². The lowest BCUT2D eigenvalue weighted by molar-refractivity contribution is -0.113. The van der Waals surface area contributed by atoms with E-state index in [4.69, 9.17) is 4.74 Å². The van der Waals surface area contributed by atoms with E-state index < -0.39 is 0 Å². The van der Waals surface area contributed by atoms with Crippen LogP contribution in [0.4, 0.5) is 5.69 Å². The van der Waals surface area contributed by atoms with Gasteiger partial charge in [0.05, 0.1) is 12.4 Å². The number of amides is 1. The van der Waals surface area contributed by atoms with Crippen LogP contribution in [0.15, 0.2) is 53.7 Å². The zero-order valence-corrected chi connectivity index (χ0v) is 19.0. The van der Waals surface area contributed by atoms with Gasteiger partial charge < -0.3 is 14.6 Å². The number of carbonyl (C=O) groups is 1. The summed E-state index contributed by atoms with van der Waals surface area (Å²) in [6.07, 6.45) is 1.10. The molecule has 7 heteroatoms. The zero-order valence-electron chi connectivity index (χ0n) is 18.2. The monoisotopic (exact) mass is 436 g/mol. The maximum absolute atomic E-state index is 12.4. The maximum Gasteiger partial charge on any atom is 0.234 e. The van der Waals surface area contributed by atoms with Gasteiger partial charge in [-0.1, -0.05) is 41.6 Å². The minimum Gasteiger partial charge on any atom is -0.494 e. The molecule has 0 bridgehead atoms.